The van der Waals surface area contributed by atoms with Crippen LogP contribution in [0, 0.1) is 11.8 Å². The van der Waals surface area contributed by atoms with Crippen LogP contribution in [0.3, 0.4) is 0 Å². The Morgan fingerprint density at radius 1 is 1.31 bits per heavy atom. The standard InChI is InChI=1S/C13H15BrO2/c14-11-6-4-9(5-7-11)8-10-2-1-3-12(10)13(15)16/h4-7,10,12H,1-3,8H2,(H,15,16). The molecule has 0 aliphatic heterocycles. The molecule has 0 bridgehead atoms. The number of aliphatic carboxylic acids is 1. The van der Waals surface area contributed by atoms with Gasteiger partial charge >= 0.3 is 5.97 Å². The zero-order valence-electron chi connectivity index (χ0n) is 9.03. The zero-order chi connectivity index (χ0) is 11.5. The third kappa shape index (κ3) is 2.64. The van der Waals surface area contributed by atoms with E-state index < -0.39 is 5.97 Å². The van der Waals surface area contributed by atoms with E-state index >= 15 is 0 Å². The lowest BCUT2D eigenvalue weighted by Gasteiger charge is -2.15. The van der Waals surface area contributed by atoms with Crippen LogP contribution >= 0.6 is 15.9 Å². The van der Waals surface area contributed by atoms with Crippen molar-refractivity contribution in [3.63, 3.8) is 0 Å². The van der Waals surface area contributed by atoms with E-state index in [-0.39, 0.29) is 5.92 Å². The molecule has 2 unspecified atom stereocenters. The number of halogens is 1. The van der Waals surface area contributed by atoms with Crippen LogP contribution in [-0.2, 0) is 11.2 Å². The molecule has 16 heavy (non-hydrogen) atoms. The van der Waals surface area contributed by atoms with Crippen molar-refractivity contribution in [1.82, 2.24) is 0 Å². The second-order valence-electron chi connectivity index (χ2n) is 4.47. The first-order valence-electron chi connectivity index (χ1n) is 5.64. The molecular formula is C13H15BrO2. The molecule has 1 fully saturated rings. The van der Waals surface area contributed by atoms with Gasteiger partial charge in [0.15, 0.2) is 0 Å². The molecule has 2 nitrogen and oxygen atoms in total. The molecule has 1 aromatic rings. The fourth-order valence-electron chi connectivity index (χ4n) is 2.53. The molecule has 1 N–H and O–H groups in total. The predicted molar refractivity (Wildman–Crippen MR) is 66.3 cm³/mol. The van der Waals surface area contributed by atoms with Crippen LogP contribution in [-0.4, -0.2) is 11.1 Å². The third-order valence-electron chi connectivity index (χ3n) is 3.39. The molecular weight excluding hydrogens is 268 g/mol. The van der Waals surface area contributed by atoms with Crippen molar-refractivity contribution in [2.75, 3.05) is 0 Å². The maximum Gasteiger partial charge on any atom is 0.306 e. The van der Waals surface area contributed by atoms with E-state index in [2.05, 4.69) is 28.1 Å². The zero-order valence-corrected chi connectivity index (χ0v) is 10.6. The molecule has 2 atom stereocenters. The van der Waals surface area contributed by atoms with E-state index in [0.717, 1.165) is 30.2 Å². The Morgan fingerprint density at radius 3 is 2.62 bits per heavy atom. The lowest BCUT2D eigenvalue weighted by molar-refractivity contribution is -0.142. The molecule has 1 aliphatic rings. The Bertz CT molecular complexity index is 372. The molecule has 0 aromatic heterocycles. The lowest BCUT2D eigenvalue weighted by Crippen LogP contribution is -2.19. The molecule has 0 amide bonds. The van der Waals surface area contributed by atoms with Crippen LogP contribution in [0.2, 0.25) is 0 Å². The topological polar surface area (TPSA) is 37.3 Å². The summed E-state index contributed by atoms with van der Waals surface area (Å²) in [5.74, 6) is -0.443. The molecule has 0 saturated heterocycles. The Balaban J connectivity index is 2.03. The summed E-state index contributed by atoms with van der Waals surface area (Å²) in [6, 6.07) is 8.17. The van der Waals surface area contributed by atoms with Gasteiger partial charge in [0.25, 0.3) is 0 Å². The minimum atomic E-state index is -0.625. The van der Waals surface area contributed by atoms with Crippen molar-refractivity contribution in [1.29, 1.82) is 0 Å². The van der Waals surface area contributed by atoms with E-state index in [1.165, 1.54) is 5.56 Å². The highest BCUT2D eigenvalue weighted by Crippen LogP contribution is 2.34. The molecule has 86 valence electrons. The number of carboxylic acids is 1. The van der Waals surface area contributed by atoms with Gasteiger partial charge in [-0.15, -0.1) is 0 Å². The van der Waals surface area contributed by atoms with Gasteiger partial charge in [-0.25, -0.2) is 0 Å². The Kier molecular flexibility index (Phi) is 3.64. The van der Waals surface area contributed by atoms with E-state index in [1.54, 1.807) is 0 Å². The predicted octanol–water partition coefficient (Wildman–Crippen LogP) is 3.49. The van der Waals surface area contributed by atoms with Crippen molar-refractivity contribution in [3.8, 4) is 0 Å². The van der Waals surface area contributed by atoms with Gasteiger partial charge in [0.2, 0.25) is 0 Å². The van der Waals surface area contributed by atoms with Gasteiger partial charge in [0, 0.05) is 4.47 Å². The van der Waals surface area contributed by atoms with Gasteiger partial charge < -0.3 is 5.11 Å². The van der Waals surface area contributed by atoms with Gasteiger partial charge in [-0.1, -0.05) is 34.5 Å². The smallest absolute Gasteiger partial charge is 0.306 e. The van der Waals surface area contributed by atoms with Crippen LogP contribution in [0.5, 0.6) is 0 Å². The largest absolute Gasteiger partial charge is 0.481 e. The fourth-order valence-corrected chi connectivity index (χ4v) is 2.79. The number of rotatable bonds is 3. The van der Waals surface area contributed by atoms with Crippen LogP contribution in [0.25, 0.3) is 0 Å². The van der Waals surface area contributed by atoms with Gasteiger partial charge in [-0.3, -0.25) is 4.79 Å². The SMILES string of the molecule is O=C(O)C1CCCC1Cc1ccc(Br)cc1. The summed E-state index contributed by atoms with van der Waals surface area (Å²) in [6.45, 7) is 0. The molecule has 3 heteroatoms. The maximum absolute atomic E-state index is 11.0. The quantitative estimate of drug-likeness (QED) is 0.922. The van der Waals surface area contributed by atoms with Crippen molar-refractivity contribution in [2.45, 2.75) is 25.7 Å². The van der Waals surface area contributed by atoms with Crippen LogP contribution in [0.4, 0.5) is 0 Å². The third-order valence-corrected chi connectivity index (χ3v) is 3.92. The molecule has 1 aliphatic carbocycles. The highest BCUT2D eigenvalue weighted by molar-refractivity contribution is 9.10. The van der Waals surface area contributed by atoms with Gasteiger partial charge in [-0.2, -0.15) is 0 Å². The molecule has 2 rings (SSSR count). The number of benzene rings is 1. The number of hydrogen-bond donors (Lipinski definition) is 1. The summed E-state index contributed by atoms with van der Waals surface area (Å²) in [6.07, 6.45) is 3.84. The molecule has 0 heterocycles. The maximum atomic E-state index is 11.0. The van der Waals surface area contributed by atoms with E-state index in [9.17, 15) is 4.79 Å². The van der Waals surface area contributed by atoms with Crippen molar-refractivity contribution in [2.24, 2.45) is 11.8 Å². The average Bonchev–Trinajstić information content (AvgIpc) is 2.69. The molecule has 0 radical (unpaired) electrons. The van der Waals surface area contributed by atoms with Gasteiger partial charge in [0.05, 0.1) is 5.92 Å². The van der Waals surface area contributed by atoms with Crippen molar-refractivity contribution >= 4 is 21.9 Å². The lowest BCUT2D eigenvalue weighted by atomic mass is 9.90. The number of carbonyl (C=O) groups is 1. The Labute approximate surface area is 104 Å². The molecule has 1 saturated carbocycles. The summed E-state index contributed by atoms with van der Waals surface area (Å²) >= 11 is 3.40. The first-order chi connectivity index (χ1) is 7.66. The van der Waals surface area contributed by atoms with Crippen LogP contribution in [0.15, 0.2) is 28.7 Å². The normalized spacial score (nSPS) is 24.6. The minimum Gasteiger partial charge on any atom is -0.481 e. The fraction of sp³-hybridized carbons (Fsp3) is 0.462. The van der Waals surface area contributed by atoms with Crippen LogP contribution in [0.1, 0.15) is 24.8 Å². The Morgan fingerprint density at radius 2 is 2.00 bits per heavy atom. The molecule has 1 aromatic carbocycles. The van der Waals surface area contributed by atoms with Crippen molar-refractivity contribution in [3.05, 3.63) is 34.3 Å². The second-order valence-corrected chi connectivity index (χ2v) is 5.38. The highest BCUT2D eigenvalue weighted by Gasteiger charge is 2.32. The highest BCUT2D eigenvalue weighted by atomic mass is 79.9. The Hall–Kier alpha value is -0.830. The van der Waals surface area contributed by atoms with Crippen molar-refractivity contribution < 1.29 is 9.90 Å². The average molecular weight is 283 g/mol. The molecule has 0 spiro atoms. The first-order valence-corrected chi connectivity index (χ1v) is 6.43. The summed E-state index contributed by atoms with van der Waals surface area (Å²) in [7, 11) is 0. The van der Waals surface area contributed by atoms with E-state index in [4.69, 9.17) is 5.11 Å². The number of hydrogen-bond acceptors (Lipinski definition) is 1. The second kappa shape index (κ2) is 5.00. The van der Waals surface area contributed by atoms with E-state index in [1.807, 2.05) is 12.1 Å². The van der Waals surface area contributed by atoms with Crippen LogP contribution < -0.4 is 0 Å². The summed E-state index contributed by atoms with van der Waals surface area (Å²) in [5.41, 5.74) is 1.24. The summed E-state index contributed by atoms with van der Waals surface area (Å²) in [5, 5.41) is 9.10. The van der Waals surface area contributed by atoms with Gasteiger partial charge in [0.1, 0.15) is 0 Å². The number of carboxylic acid groups (broad SMARTS) is 1. The first kappa shape index (κ1) is 11.6. The minimum absolute atomic E-state index is 0.136. The van der Waals surface area contributed by atoms with E-state index in [0.29, 0.717) is 5.92 Å². The monoisotopic (exact) mass is 282 g/mol. The van der Waals surface area contributed by atoms with Gasteiger partial charge in [-0.05, 0) is 42.9 Å². The summed E-state index contributed by atoms with van der Waals surface area (Å²) < 4.78 is 1.07. The summed E-state index contributed by atoms with van der Waals surface area (Å²) in [4.78, 5) is 11.0.